The summed E-state index contributed by atoms with van der Waals surface area (Å²) in [5.74, 6) is 3.49. The van der Waals surface area contributed by atoms with Crippen molar-refractivity contribution in [1.82, 2.24) is 4.90 Å². The molecule has 100 valence electrons. The summed E-state index contributed by atoms with van der Waals surface area (Å²) in [7, 11) is 0. The third kappa shape index (κ3) is 3.26. The first-order valence-corrected chi connectivity index (χ1v) is 7.05. The number of hydrogen-bond donors (Lipinski definition) is 0. The number of carbonyl (C=O) groups excluding carboxylic acids is 1. The fourth-order valence-electron chi connectivity index (χ4n) is 3.13. The quantitative estimate of drug-likeness (QED) is 0.564. The van der Waals surface area contributed by atoms with Crippen LogP contribution in [0.25, 0.3) is 0 Å². The SMILES string of the molecule is C#CCN1CCCC1COC(=O)C1CCC(C)C1. The van der Waals surface area contributed by atoms with E-state index in [4.69, 9.17) is 11.2 Å². The molecule has 2 fully saturated rings. The summed E-state index contributed by atoms with van der Waals surface area (Å²) in [6.07, 6.45) is 10.7. The zero-order chi connectivity index (χ0) is 13.0. The van der Waals surface area contributed by atoms with Crippen LogP contribution in [0.15, 0.2) is 0 Å². The van der Waals surface area contributed by atoms with E-state index in [1.165, 1.54) is 0 Å². The maximum atomic E-state index is 11.9. The number of likely N-dealkylation sites (tertiary alicyclic amines) is 1. The van der Waals surface area contributed by atoms with Gasteiger partial charge in [0, 0.05) is 6.04 Å². The molecule has 1 aliphatic heterocycles. The van der Waals surface area contributed by atoms with Gasteiger partial charge in [-0.3, -0.25) is 9.69 Å². The minimum absolute atomic E-state index is 0.00640. The molecule has 1 saturated carbocycles. The highest BCUT2D eigenvalue weighted by molar-refractivity contribution is 5.72. The number of hydrogen-bond acceptors (Lipinski definition) is 3. The molecule has 0 radical (unpaired) electrons. The van der Waals surface area contributed by atoms with Crippen molar-refractivity contribution in [3.8, 4) is 12.3 Å². The standard InChI is InChI=1S/C15H23NO2/c1-3-8-16-9-4-5-14(16)11-18-15(17)13-7-6-12(2)10-13/h1,12-14H,4-11H2,2H3. The fourth-order valence-corrected chi connectivity index (χ4v) is 3.13. The van der Waals surface area contributed by atoms with Crippen LogP contribution in [-0.4, -0.2) is 36.6 Å². The van der Waals surface area contributed by atoms with Crippen molar-refractivity contribution in [2.75, 3.05) is 19.7 Å². The molecule has 3 heteroatoms. The van der Waals surface area contributed by atoms with Gasteiger partial charge >= 0.3 is 5.97 Å². The molecule has 1 heterocycles. The molecule has 0 aromatic carbocycles. The third-order valence-electron chi connectivity index (χ3n) is 4.24. The molecule has 18 heavy (non-hydrogen) atoms. The van der Waals surface area contributed by atoms with E-state index in [9.17, 15) is 4.79 Å². The van der Waals surface area contributed by atoms with E-state index in [0.717, 1.165) is 38.6 Å². The number of ether oxygens (including phenoxy) is 1. The Balaban J connectivity index is 1.74. The monoisotopic (exact) mass is 249 g/mol. The third-order valence-corrected chi connectivity index (χ3v) is 4.24. The highest BCUT2D eigenvalue weighted by atomic mass is 16.5. The second kappa shape index (κ2) is 6.24. The lowest BCUT2D eigenvalue weighted by Crippen LogP contribution is -2.34. The molecule has 3 nitrogen and oxygen atoms in total. The van der Waals surface area contributed by atoms with Crippen molar-refractivity contribution < 1.29 is 9.53 Å². The van der Waals surface area contributed by atoms with Crippen molar-refractivity contribution in [2.24, 2.45) is 11.8 Å². The molecular weight excluding hydrogens is 226 g/mol. The summed E-state index contributed by atoms with van der Waals surface area (Å²) in [6.45, 7) is 4.43. The topological polar surface area (TPSA) is 29.5 Å². The lowest BCUT2D eigenvalue weighted by Gasteiger charge is -2.22. The summed E-state index contributed by atoms with van der Waals surface area (Å²) >= 11 is 0. The molecule has 3 atom stereocenters. The molecule has 0 aromatic heterocycles. The number of terminal acetylenes is 1. The Kier molecular flexibility index (Phi) is 4.66. The second-order valence-corrected chi connectivity index (χ2v) is 5.72. The first kappa shape index (κ1) is 13.4. The Hall–Kier alpha value is -1.01. The molecule has 2 rings (SSSR count). The zero-order valence-corrected chi connectivity index (χ0v) is 11.2. The molecule has 0 amide bonds. The van der Waals surface area contributed by atoms with Crippen molar-refractivity contribution in [3.05, 3.63) is 0 Å². The van der Waals surface area contributed by atoms with Gasteiger partial charge < -0.3 is 4.74 Å². The minimum atomic E-state index is 0.00640. The van der Waals surface area contributed by atoms with Crippen molar-refractivity contribution in [2.45, 2.75) is 45.1 Å². The zero-order valence-electron chi connectivity index (χ0n) is 11.2. The average Bonchev–Trinajstić information content (AvgIpc) is 2.96. The van der Waals surface area contributed by atoms with Gasteiger partial charge in [0.15, 0.2) is 0 Å². The van der Waals surface area contributed by atoms with Crippen LogP contribution >= 0.6 is 0 Å². The second-order valence-electron chi connectivity index (χ2n) is 5.72. The van der Waals surface area contributed by atoms with Crippen LogP contribution in [0.4, 0.5) is 0 Å². The Morgan fingerprint density at radius 1 is 1.44 bits per heavy atom. The maximum Gasteiger partial charge on any atom is 0.308 e. The lowest BCUT2D eigenvalue weighted by atomic mass is 10.1. The van der Waals surface area contributed by atoms with Gasteiger partial charge in [0.2, 0.25) is 0 Å². The van der Waals surface area contributed by atoms with Gasteiger partial charge in [-0.15, -0.1) is 6.42 Å². The number of nitrogens with zero attached hydrogens (tertiary/aromatic N) is 1. The van der Waals surface area contributed by atoms with E-state index in [1.807, 2.05) is 0 Å². The summed E-state index contributed by atoms with van der Waals surface area (Å²) in [4.78, 5) is 14.2. The van der Waals surface area contributed by atoms with E-state index in [2.05, 4.69) is 17.7 Å². The molecule has 0 bridgehead atoms. The Bertz CT molecular complexity index is 334. The van der Waals surface area contributed by atoms with Crippen LogP contribution in [-0.2, 0) is 9.53 Å². The van der Waals surface area contributed by atoms with Gasteiger partial charge in [-0.1, -0.05) is 12.8 Å². The minimum Gasteiger partial charge on any atom is -0.464 e. The summed E-state index contributed by atoms with van der Waals surface area (Å²) in [6, 6.07) is 0.337. The Morgan fingerprint density at radius 3 is 2.94 bits per heavy atom. The van der Waals surface area contributed by atoms with Crippen LogP contribution in [0.3, 0.4) is 0 Å². The first-order valence-electron chi connectivity index (χ1n) is 7.05. The smallest absolute Gasteiger partial charge is 0.308 e. The summed E-state index contributed by atoms with van der Waals surface area (Å²) in [5.41, 5.74) is 0. The molecule has 3 unspecified atom stereocenters. The fraction of sp³-hybridized carbons (Fsp3) is 0.800. The van der Waals surface area contributed by atoms with Crippen molar-refractivity contribution >= 4 is 5.97 Å². The van der Waals surface area contributed by atoms with Gasteiger partial charge in [0.25, 0.3) is 0 Å². The molecule has 1 aliphatic carbocycles. The number of rotatable bonds is 4. The largest absolute Gasteiger partial charge is 0.464 e. The van der Waals surface area contributed by atoms with Crippen LogP contribution in [0.5, 0.6) is 0 Å². The van der Waals surface area contributed by atoms with Gasteiger partial charge in [-0.2, -0.15) is 0 Å². The van der Waals surface area contributed by atoms with E-state index >= 15 is 0 Å². The lowest BCUT2D eigenvalue weighted by molar-refractivity contribution is -0.149. The van der Waals surface area contributed by atoms with E-state index < -0.39 is 0 Å². The van der Waals surface area contributed by atoms with Crippen LogP contribution in [0, 0.1) is 24.2 Å². The molecule has 1 saturated heterocycles. The van der Waals surface area contributed by atoms with Crippen LogP contribution < -0.4 is 0 Å². The number of esters is 1. The van der Waals surface area contributed by atoms with E-state index in [1.54, 1.807) is 0 Å². The van der Waals surface area contributed by atoms with E-state index in [-0.39, 0.29) is 11.9 Å². The Morgan fingerprint density at radius 2 is 2.28 bits per heavy atom. The van der Waals surface area contributed by atoms with Crippen molar-refractivity contribution in [1.29, 1.82) is 0 Å². The predicted octanol–water partition coefficient (Wildman–Crippen LogP) is 2.06. The highest BCUT2D eigenvalue weighted by Crippen LogP contribution is 2.31. The predicted molar refractivity (Wildman–Crippen MR) is 70.9 cm³/mol. The molecule has 0 spiro atoms. The molecule has 2 aliphatic rings. The van der Waals surface area contributed by atoms with E-state index in [0.29, 0.717) is 25.1 Å². The van der Waals surface area contributed by atoms with Gasteiger partial charge in [0.05, 0.1) is 12.5 Å². The van der Waals surface area contributed by atoms with Gasteiger partial charge in [-0.25, -0.2) is 0 Å². The normalized spacial score (nSPS) is 32.3. The number of carbonyl (C=O) groups is 1. The van der Waals surface area contributed by atoms with Crippen LogP contribution in [0.1, 0.15) is 39.0 Å². The Labute approximate surface area is 110 Å². The van der Waals surface area contributed by atoms with Gasteiger partial charge in [-0.05, 0) is 44.6 Å². The highest BCUT2D eigenvalue weighted by Gasteiger charge is 2.30. The maximum absolute atomic E-state index is 11.9. The molecule has 0 N–H and O–H groups in total. The summed E-state index contributed by atoms with van der Waals surface area (Å²) < 4.78 is 5.49. The average molecular weight is 249 g/mol. The van der Waals surface area contributed by atoms with Crippen LogP contribution in [0.2, 0.25) is 0 Å². The summed E-state index contributed by atoms with van der Waals surface area (Å²) in [5, 5.41) is 0. The first-order chi connectivity index (χ1) is 8.70. The van der Waals surface area contributed by atoms with Crippen molar-refractivity contribution in [3.63, 3.8) is 0 Å². The molecular formula is C15H23NO2. The molecule has 0 aromatic rings. The van der Waals surface area contributed by atoms with Gasteiger partial charge in [0.1, 0.15) is 6.61 Å².